The smallest absolute Gasteiger partial charge is 0.417 e. The minimum atomic E-state index is -4.49. The van der Waals surface area contributed by atoms with Crippen molar-refractivity contribution in [2.45, 2.75) is 19.6 Å². The highest BCUT2D eigenvalue weighted by molar-refractivity contribution is 7.80. The molecule has 2 rings (SSSR count). The Labute approximate surface area is 124 Å². The Hall–Kier alpha value is -2.02. The second kappa shape index (κ2) is 5.77. The van der Waals surface area contributed by atoms with Crippen LogP contribution in [0.25, 0.3) is 0 Å². The summed E-state index contributed by atoms with van der Waals surface area (Å²) in [5.41, 5.74) is 4.83. The van der Waals surface area contributed by atoms with Gasteiger partial charge in [-0.1, -0.05) is 12.2 Å². The van der Waals surface area contributed by atoms with Crippen LogP contribution < -0.4 is 11.1 Å². The lowest BCUT2D eigenvalue weighted by Gasteiger charge is -2.14. The van der Waals surface area contributed by atoms with E-state index in [0.29, 0.717) is 18.0 Å². The van der Waals surface area contributed by atoms with Crippen molar-refractivity contribution in [3.63, 3.8) is 0 Å². The van der Waals surface area contributed by atoms with E-state index in [1.165, 1.54) is 12.1 Å². The topological polar surface area (TPSA) is 51.2 Å². The van der Waals surface area contributed by atoms with Crippen LogP contribution in [0.4, 0.5) is 18.9 Å². The number of furan rings is 1. The van der Waals surface area contributed by atoms with Gasteiger partial charge < -0.3 is 15.5 Å². The quantitative estimate of drug-likeness (QED) is 0.842. The maximum Gasteiger partial charge on any atom is 0.417 e. The van der Waals surface area contributed by atoms with Gasteiger partial charge in [0.15, 0.2) is 0 Å². The first kappa shape index (κ1) is 15.4. The van der Waals surface area contributed by atoms with Crippen LogP contribution in [0.5, 0.6) is 0 Å². The van der Waals surface area contributed by atoms with Crippen LogP contribution in [0.3, 0.4) is 0 Å². The first-order valence-corrected chi connectivity index (χ1v) is 6.48. The third kappa shape index (κ3) is 3.75. The van der Waals surface area contributed by atoms with Gasteiger partial charge >= 0.3 is 6.18 Å². The number of halogens is 3. The van der Waals surface area contributed by atoms with Gasteiger partial charge in [-0.15, -0.1) is 0 Å². The number of aryl methyl sites for hydroxylation is 1. The van der Waals surface area contributed by atoms with Crippen molar-refractivity contribution in [3.8, 4) is 0 Å². The Morgan fingerprint density at radius 1 is 1.29 bits per heavy atom. The van der Waals surface area contributed by atoms with Crippen molar-refractivity contribution in [1.29, 1.82) is 0 Å². The molecule has 0 bridgehead atoms. The fraction of sp³-hybridized carbons (Fsp3) is 0.214. The summed E-state index contributed by atoms with van der Waals surface area (Å²) in [7, 11) is 0. The SMILES string of the molecule is Cc1ccc(CNc2ccc(C(F)(F)F)c(C(N)=S)c2)o1. The van der Waals surface area contributed by atoms with Crippen molar-refractivity contribution >= 4 is 22.9 Å². The lowest BCUT2D eigenvalue weighted by molar-refractivity contribution is -0.137. The predicted octanol–water partition coefficient (Wildman–Crippen LogP) is 3.85. The van der Waals surface area contributed by atoms with Crippen LogP contribution in [0, 0.1) is 6.92 Å². The predicted molar refractivity (Wildman–Crippen MR) is 78.1 cm³/mol. The maximum absolute atomic E-state index is 12.8. The van der Waals surface area contributed by atoms with E-state index in [0.717, 1.165) is 11.8 Å². The van der Waals surface area contributed by atoms with Gasteiger partial charge in [0.05, 0.1) is 12.1 Å². The molecule has 0 radical (unpaired) electrons. The van der Waals surface area contributed by atoms with E-state index in [9.17, 15) is 13.2 Å². The molecule has 0 amide bonds. The highest BCUT2D eigenvalue weighted by Gasteiger charge is 2.34. The number of thiocarbonyl (C=S) groups is 1. The molecule has 0 aliphatic rings. The molecule has 0 saturated heterocycles. The van der Waals surface area contributed by atoms with Crippen LogP contribution >= 0.6 is 12.2 Å². The van der Waals surface area contributed by atoms with Gasteiger partial charge in [0.25, 0.3) is 0 Å². The van der Waals surface area contributed by atoms with Crippen LogP contribution in [-0.4, -0.2) is 4.99 Å². The molecule has 1 heterocycles. The highest BCUT2D eigenvalue weighted by Crippen LogP contribution is 2.33. The van der Waals surface area contributed by atoms with E-state index >= 15 is 0 Å². The average Bonchev–Trinajstić information content (AvgIpc) is 2.80. The molecular formula is C14H13F3N2OS. The molecule has 0 fully saturated rings. The van der Waals surface area contributed by atoms with Gasteiger partial charge in [-0.25, -0.2) is 0 Å². The van der Waals surface area contributed by atoms with Crippen molar-refractivity contribution in [1.82, 2.24) is 0 Å². The van der Waals surface area contributed by atoms with Crippen LogP contribution in [-0.2, 0) is 12.7 Å². The number of alkyl halides is 3. The summed E-state index contributed by atoms with van der Waals surface area (Å²) in [6.45, 7) is 2.17. The molecule has 0 saturated carbocycles. The summed E-state index contributed by atoms with van der Waals surface area (Å²) >= 11 is 4.69. The zero-order chi connectivity index (χ0) is 15.6. The minimum absolute atomic E-state index is 0.196. The van der Waals surface area contributed by atoms with E-state index < -0.39 is 11.7 Å². The molecule has 21 heavy (non-hydrogen) atoms. The second-order valence-electron chi connectivity index (χ2n) is 4.49. The first-order chi connectivity index (χ1) is 9.77. The van der Waals surface area contributed by atoms with E-state index in [2.05, 4.69) is 5.32 Å². The fourth-order valence-electron chi connectivity index (χ4n) is 1.87. The number of nitrogens with two attached hydrogens (primary N) is 1. The molecule has 0 aliphatic heterocycles. The third-order valence-electron chi connectivity index (χ3n) is 2.85. The molecule has 3 N–H and O–H groups in total. The lowest BCUT2D eigenvalue weighted by Crippen LogP contribution is -2.18. The van der Waals surface area contributed by atoms with E-state index in [1.54, 1.807) is 6.07 Å². The molecule has 1 aromatic carbocycles. The molecular weight excluding hydrogens is 301 g/mol. The van der Waals surface area contributed by atoms with Crippen molar-refractivity contribution in [2.24, 2.45) is 5.73 Å². The van der Waals surface area contributed by atoms with E-state index in [-0.39, 0.29) is 10.6 Å². The van der Waals surface area contributed by atoms with Crippen LogP contribution in [0.15, 0.2) is 34.7 Å². The number of rotatable bonds is 4. The lowest BCUT2D eigenvalue weighted by atomic mass is 10.1. The molecule has 0 aliphatic carbocycles. The first-order valence-electron chi connectivity index (χ1n) is 6.07. The molecule has 0 unspecified atom stereocenters. The number of hydrogen-bond donors (Lipinski definition) is 2. The Balaban J connectivity index is 2.22. The molecule has 1 aromatic heterocycles. The Morgan fingerprint density at radius 2 is 2.00 bits per heavy atom. The van der Waals surface area contributed by atoms with Crippen molar-refractivity contribution < 1.29 is 17.6 Å². The van der Waals surface area contributed by atoms with Gasteiger partial charge in [0.1, 0.15) is 16.5 Å². The normalized spacial score (nSPS) is 11.4. The summed E-state index contributed by atoms with van der Waals surface area (Å²) in [5.74, 6) is 1.45. The molecule has 0 spiro atoms. The largest absolute Gasteiger partial charge is 0.465 e. The standard InChI is InChI=1S/C14H13F3N2OS/c1-8-2-4-10(20-8)7-19-9-3-5-12(14(15,16)17)11(6-9)13(18)21/h2-6,19H,7H2,1H3,(H2,18,21). The number of anilines is 1. The summed E-state index contributed by atoms with van der Waals surface area (Å²) < 4.78 is 43.9. The van der Waals surface area contributed by atoms with Crippen molar-refractivity contribution in [3.05, 3.63) is 53.0 Å². The Bertz CT molecular complexity index is 664. The summed E-state index contributed by atoms with van der Waals surface area (Å²) in [6.07, 6.45) is -4.49. The summed E-state index contributed by atoms with van der Waals surface area (Å²) in [4.78, 5) is -0.292. The van der Waals surface area contributed by atoms with Crippen LogP contribution in [0.2, 0.25) is 0 Å². The molecule has 2 aromatic rings. The monoisotopic (exact) mass is 314 g/mol. The van der Waals surface area contributed by atoms with Crippen LogP contribution in [0.1, 0.15) is 22.6 Å². The van der Waals surface area contributed by atoms with Gasteiger partial charge in [-0.05, 0) is 37.3 Å². The number of nitrogens with one attached hydrogen (secondary N) is 1. The molecule has 7 heteroatoms. The summed E-state index contributed by atoms with van der Waals surface area (Å²) in [5, 5.41) is 2.97. The fourth-order valence-corrected chi connectivity index (χ4v) is 2.04. The van der Waals surface area contributed by atoms with Gasteiger partial charge in [0, 0.05) is 11.3 Å². The molecule has 3 nitrogen and oxygen atoms in total. The Morgan fingerprint density at radius 3 is 2.52 bits per heavy atom. The number of benzene rings is 1. The summed E-state index contributed by atoms with van der Waals surface area (Å²) in [6, 6.07) is 7.19. The zero-order valence-corrected chi connectivity index (χ0v) is 11.9. The highest BCUT2D eigenvalue weighted by atomic mass is 32.1. The van der Waals surface area contributed by atoms with E-state index in [4.69, 9.17) is 22.4 Å². The molecule has 112 valence electrons. The Kier molecular flexibility index (Phi) is 4.22. The van der Waals surface area contributed by atoms with Gasteiger partial charge in [-0.2, -0.15) is 13.2 Å². The number of hydrogen-bond acceptors (Lipinski definition) is 3. The molecule has 0 atom stereocenters. The minimum Gasteiger partial charge on any atom is -0.465 e. The van der Waals surface area contributed by atoms with Crippen molar-refractivity contribution in [2.75, 3.05) is 5.32 Å². The zero-order valence-electron chi connectivity index (χ0n) is 11.1. The average molecular weight is 314 g/mol. The van der Waals surface area contributed by atoms with E-state index in [1.807, 2.05) is 13.0 Å². The second-order valence-corrected chi connectivity index (χ2v) is 4.93. The van der Waals surface area contributed by atoms with Gasteiger partial charge in [0.2, 0.25) is 0 Å². The van der Waals surface area contributed by atoms with Gasteiger partial charge in [-0.3, -0.25) is 0 Å². The third-order valence-corrected chi connectivity index (χ3v) is 3.07. The maximum atomic E-state index is 12.8.